The van der Waals surface area contributed by atoms with Crippen LogP contribution in [0.5, 0.6) is 0 Å². The molecule has 4 aromatic rings. The molecule has 3 amide bonds. The average molecular weight is 573 g/mol. The molecule has 3 aromatic heterocycles. The van der Waals surface area contributed by atoms with Crippen molar-refractivity contribution in [3.63, 3.8) is 0 Å². The molecule has 1 saturated heterocycles. The Morgan fingerprint density at radius 2 is 1.83 bits per heavy atom. The molecule has 0 saturated carbocycles. The van der Waals surface area contributed by atoms with Crippen LogP contribution in [-0.4, -0.2) is 75.8 Å². The first-order valence-electron chi connectivity index (χ1n) is 14.0. The first kappa shape index (κ1) is 27.4. The van der Waals surface area contributed by atoms with Crippen LogP contribution >= 0.6 is 0 Å². The second-order valence-electron chi connectivity index (χ2n) is 10.3. The van der Waals surface area contributed by atoms with Gasteiger partial charge < -0.3 is 34.2 Å². The molecule has 42 heavy (non-hydrogen) atoms. The van der Waals surface area contributed by atoms with E-state index in [4.69, 9.17) is 19.1 Å². The molecule has 1 fully saturated rings. The summed E-state index contributed by atoms with van der Waals surface area (Å²) in [6.45, 7) is 7.38. The van der Waals surface area contributed by atoms with Crippen molar-refractivity contribution in [3.05, 3.63) is 63.5 Å². The number of rotatable bonds is 5. The van der Waals surface area contributed by atoms with Gasteiger partial charge in [0.15, 0.2) is 5.82 Å². The number of carbonyl (C=O) groups is 2. The van der Waals surface area contributed by atoms with Gasteiger partial charge >= 0.3 is 6.03 Å². The van der Waals surface area contributed by atoms with Crippen molar-refractivity contribution in [3.8, 4) is 11.4 Å². The Kier molecular flexibility index (Phi) is 7.33. The number of anilines is 2. The molecule has 2 aliphatic rings. The molecule has 0 bridgehead atoms. The third-order valence-electron chi connectivity index (χ3n) is 7.54. The Morgan fingerprint density at radius 1 is 1.07 bits per heavy atom. The van der Waals surface area contributed by atoms with Gasteiger partial charge in [0.2, 0.25) is 5.71 Å². The van der Waals surface area contributed by atoms with Gasteiger partial charge in [0.25, 0.3) is 11.5 Å². The van der Waals surface area contributed by atoms with Gasteiger partial charge in [-0.25, -0.2) is 19.7 Å². The fourth-order valence-corrected chi connectivity index (χ4v) is 5.39. The van der Waals surface area contributed by atoms with E-state index in [1.807, 2.05) is 19.1 Å². The summed E-state index contributed by atoms with van der Waals surface area (Å²) in [4.78, 5) is 56.7. The van der Waals surface area contributed by atoms with E-state index in [9.17, 15) is 14.4 Å². The maximum absolute atomic E-state index is 13.9. The van der Waals surface area contributed by atoms with Gasteiger partial charge in [0.05, 0.1) is 31.0 Å². The fraction of sp³-hybridized carbons (Fsp3) is 0.379. The molecule has 0 unspecified atom stereocenters. The Bertz CT molecular complexity index is 1720. The van der Waals surface area contributed by atoms with Crippen molar-refractivity contribution >= 4 is 34.5 Å². The zero-order valence-electron chi connectivity index (χ0n) is 23.8. The van der Waals surface area contributed by atoms with E-state index >= 15 is 0 Å². The summed E-state index contributed by atoms with van der Waals surface area (Å²) in [6.07, 6.45) is 1.95. The molecule has 218 valence electrons. The van der Waals surface area contributed by atoms with Crippen LogP contribution in [0.3, 0.4) is 0 Å². The molecule has 0 aliphatic carbocycles. The number of ether oxygens (including phenoxy) is 1. The molecule has 0 spiro atoms. The van der Waals surface area contributed by atoms with Crippen molar-refractivity contribution in [1.82, 2.24) is 29.7 Å². The summed E-state index contributed by atoms with van der Waals surface area (Å²) < 4.78 is 12.6. The van der Waals surface area contributed by atoms with Gasteiger partial charge in [-0.15, -0.1) is 0 Å². The van der Waals surface area contributed by atoms with E-state index < -0.39 is 0 Å². The van der Waals surface area contributed by atoms with Crippen LogP contribution < -0.4 is 21.1 Å². The number of carbonyl (C=O) groups excluding carboxylic acids is 2. The number of aromatic nitrogens is 4. The molecule has 13 heteroatoms. The second-order valence-corrected chi connectivity index (χ2v) is 10.3. The molecule has 5 heterocycles. The van der Waals surface area contributed by atoms with E-state index in [1.165, 1.54) is 10.9 Å². The number of aryl methyl sites for hydroxylation is 2. The van der Waals surface area contributed by atoms with E-state index in [1.54, 1.807) is 31.0 Å². The van der Waals surface area contributed by atoms with Gasteiger partial charge in [-0.05, 0) is 44.5 Å². The summed E-state index contributed by atoms with van der Waals surface area (Å²) in [5, 5.41) is 5.69. The molecular formula is C29H32N8O5. The Morgan fingerprint density at radius 3 is 2.57 bits per heavy atom. The maximum atomic E-state index is 13.9. The highest BCUT2D eigenvalue weighted by molar-refractivity contribution is 6.06. The van der Waals surface area contributed by atoms with E-state index in [-0.39, 0.29) is 40.7 Å². The quantitative estimate of drug-likeness (QED) is 0.368. The second kappa shape index (κ2) is 11.2. The van der Waals surface area contributed by atoms with Gasteiger partial charge in [0, 0.05) is 50.0 Å². The fourth-order valence-electron chi connectivity index (χ4n) is 5.39. The normalized spacial score (nSPS) is 15.0. The average Bonchev–Trinajstić information content (AvgIpc) is 3.35. The lowest BCUT2D eigenvalue weighted by Crippen LogP contribution is -2.41. The van der Waals surface area contributed by atoms with Crippen LogP contribution in [0.2, 0.25) is 0 Å². The highest BCUT2D eigenvalue weighted by Crippen LogP contribution is 2.32. The standard InChI is InChI=1S/C29H32N8O5/c1-4-30-29(40)32-19-7-5-18(6-8-19)24-33-21-15-37(10-9-20(21)25(34-24)36-11-13-41-14-12-36)28(39)22-17(2)42-26-23(22)27(38)35(3)16-31-26/h5-8,16H,4,9-15H2,1-3H3,(H2,30,32,40). The number of benzene rings is 1. The predicted molar refractivity (Wildman–Crippen MR) is 156 cm³/mol. The van der Waals surface area contributed by atoms with Crippen molar-refractivity contribution in [2.45, 2.75) is 26.8 Å². The SMILES string of the molecule is CCNC(=O)Nc1ccc(-c2nc3c(c(N4CCOCC4)n2)CCN(C(=O)c2c(C)oc4ncn(C)c(=O)c24)C3)cc1. The number of furan rings is 1. The van der Waals surface area contributed by atoms with Crippen molar-refractivity contribution in [2.75, 3.05) is 49.6 Å². The highest BCUT2D eigenvalue weighted by Gasteiger charge is 2.32. The van der Waals surface area contributed by atoms with Crippen LogP contribution in [0.15, 0.2) is 39.8 Å². The third-order valence-corrected chi connectivity index (χ3v) is 7.54. The van der Waals surface area contributed by atoms with Crippen LogP contribution in [0.25, 0.3) is 22.5 Å². The van der Waals surface area contributed by atoms with Gasteiger partial charge in [0.1, 0.15) is 23.3 Å². The minimum atomic E-state index is -0.332. The van der Waals surface area contributed by atoms with E-state index in [2.05, 4.69) is 20.5 Å². The molecular weight excluding hydrogens is 540 g/mol. The largest absolute Gasteiger partial charge is 0.442 e. The first-order valence-corrected chi connectivity index (χ1v) is 14.0. The Labute approximate surface area is 241 Å². The number of urea groups is 1. The molecule has 13 nitrogen and oxygen atoms in total. The zero-order valence-corrected chi connectivity index (χ0v) is 23.8. The highest BCUT2D eigenvalue weighted by atomic mass is 16.5. The van der Waals surface area contributed by atoms with Crippen molar-refractivity contribution in [2.24, 2.45) is 7.05 Å². The minimum absolute atomic E-state index is 0.153. The minimum Gasteiger partial charge on any atom is -0.442 e. The maximum Gasteiger partial charge on any atom is 0.319 e. The number of hydrogen-bond acceptors (Lipinski definition) is 9. The van der Waals surface area contributed by atoms with Gasteiger partial charge in [-0.2, -0.15) is 0 Å². The lowest BCUT2D eigenvalue weighted by molar-refractivity contribution is 0.0731. The topological polar surface area (TPSA) is 148 Å². The van der Waals surface area contributed by atoms with Gasteiger partial charge in [-0.1, -0.05) is 0 Å². The number of nitrogens with one attached hydrogen (secondary N) is 2. The molecule has 2 aliphatic heterocycles. The summed E-state index contributed by atoms with van der Waals surface area (Å²) in [6, 6.07) is 7.06. The van der Waals surface area contributed by atoms with Crippen LogP contribution in [-0.2, 0) is 24.8 Å². The Hall–Kier alpha value is -4.78. The number of hydrogen-bond donors (Lipinski definition) is 2. The molecule has 1 aromatic carbocycles. The molecule has 2 N–H and O–H groups in total. The monoisotopic (exact) mass is 572 g/mol. The van der Waals surface area contributed by atoms with Crippen LogP contribution in [0.4, 0.5) is 16.3 Å². The Balaban J connectivity index is 1.35. The molecule has 6 rings (SSSR count). The zero-order chi connectivity index (χ0) is 29.4. The smallest absolute Gasteiger partial charge is 0.319 e. The summed E-state index contributed by atoms with van der Waals surface area (Å²) >= 11 is 0. The van der Waals surface area contributed by atoms with Crippen molar-refractivity contribution < 1.29 is 18.7 Å². The summed E-state index contributed by atoms with van der Waals surface area (Å²) in [5.74, 6) is 1.43. The number of nitrogens with zero attached hydrogens (tertiary/aromatic N) is 6. The van der Waals surface area contributed by atoms with E-state index in [0.717, 1.165) is 22.6 Å². The summed E-state index contributed by atoms with van der Waals surface area (Å²) in [7, 11) is 1.59. The first-order chi connectivity index (χ1) is 20.3. The van der Waals surface area contributed by atoms with E-state index in [0.29, 0.717) is 63.1 Å². The number of fused-ring (bicyclic) bond motifs is 2. The number of morpholine rings is 1. The predicted octanol–water partition coefficient (Wildman–Crippen LogP) is 2.47. The third kappa shape index (κ3) is 5.07. The van der Waals surface area contributed by atoms with Crippen LogP contribution in [0, 0.1) is 6.92 Å². The number of amides is 3. The van der Waals surface area contributed by atoms with Gasteiger partial charge in [-0.3, -0.25) is 9.59 Å². The lowest BCUT2D eigenvalue weighted by Gasteiger charge is -2.34. The van der Waals surface area contributed by atoms with Crippen molar-refractivity contribution in [1.29, 1.82) is 0 Å². The lowest BCUT2D eigenvalue weighted by atomic mass is 10.0. The molecule has 0 atom stereocenters. The van der Waals surface area contributed by atoms with Crippen LogP contribution in [0.1, 0.15) is 34.3 Å². The molecule has 0 radical (unpaired) electrons. The summed E-state index contributed by atoms with van der Waals surface area (Å²) in [5.41, 5.74) is 3.25.